The van der Waals surface area contributed by atoms with E-state index in [0.29, 0.717) is 32.9 Å². The largest absolute Gasteiger partial charge is 0.496 e. The number of aryl methyl sites for hydroxylation is 2. The van der Waals surface area contributed by atoms with Gasteiger partial charge in [-0.05, 0) is 54.9 Å². The van der Waals surface area contributed by atoms with Crippen LogP contribution in [-0.4, -0.2) is 32.4 Å². The number of nitrogens with zero attached hydrogens (tertiary/aromatic N) is 1. The molecule has 1 aliphatic rings. The Balaban J connectivity index is 1.95. The van der Waals surface area contributed by atoms with Crippen molar-refractivity contribution in [2.24, 2.45) is 4.99 Å². The number of rotatable bonds is 5. The van der Waals surface area contributed by atoms with Crippen LogP contribution in [0, 0.1) is 13.8 Å². The third-order valence-electron chi connectivity index (χ3n) is 4.26. The van der Waals surface area contributed by atoms with Gasteiger partial charge in [0.1, 0.15) is 5.75 Å². The lowest BCUT2D eigenvalue weighted by molar-refractivity contribution is -0.115. The fourth-order valence-corrected chi connectivity index (χ4v) is 3.56. The molecule has 3 rings (SSSR count). The molecule has 6 nitrogen and oxygen atoms in total. The summed E-state index contributed by atoms with van der Waals surface area (Å²) in [6.07, 6.45) is 1.76. The predicted molar refractivity (Wildman–Crippen MR) is 113 cm³/mol. The lowest BCUT2D eigenvalue weighted by atomic mass is 10.1. The zero-order valence-electron chi connectivity index (χ0n) is 16.5. The number of carbonyl (C=O) groups is 1. The van der Waals surface area contributed by atoms with Gasteiger partial charge in [0.15, 0.2) is 16.7 Å². The van der Waals surface area contributed by atoms with Gasteiger partial charge in [0.25, 0.3) is 5.91 Å². The summed E-state index contributed by atoms with van der Waals surface area (Å²) in [5.41, 5.74) is 3.72. The highest BCUT2D eigenvalue weighted by Gasteiger charge is 2.25. The maximum absolute atomic E-state index is 12.4. The normalized spacial score (nSPS) is 16.4. The van der Waals surface area contributed by atoms with Gasteiger partial charge in [-0.1, -0.05) is 12.1 Å². The number of amides is 1. The third-order valence-corrected chi connectivity index (χ3v) is 5.17. The number of thioether (sulfide) groups is 1. The molecule has 1 aliphatic heterocycles. The SMILES string of the molecule is COc1cc(OC)c(OC)cc1/C=C1\SC(=Nc2cc(C)ccc2C)NC1=O. The van der Waals surface area contributed by atoms with Crippen molar-refractivity contribution in [1.29, 1.82) is 0 Å². The highest BCUT2D eigenvalue weighted by atomic mass is 32.2. The van der Waals surface area contributed by atoms with Crippen molar-refractivity contribution in [1.82, 2.24) is 5.32 Å². The van der Waals surface area contributed by atoms with E-state index in [4.69, 9.17) is 14.2 Å². The number of carbonyl (C=O) groups excluding carboxylic acids is 1. The van der Waals surface area contributed by atoms with Crippen LogP contribution >= 0.6 is 11.8 Å². The fourth-order valence-electron chi connectivity index (χ4n) is 2.74. The molecule has 2 aromatic rings. The molecule has 0 spiro atoms. The predicted octanol–water partition coefficient (Wildman–Crippen LogP) is 4.22. The summed E-state index contributed by atoms with van der Waals surface area (Å²) in [5.74, 6) is 1.49. The van der Waals surface area contributed by atoms with Crippen LogP contribution in [0.5, 0.6) is 17.2 Å². The van der Waals surface area contributed by atoms with Gasteiger partial charge >= 0.3 is 0 Å². The second-order valence-electron chi connectivity index (χ2n) is 6.22. The van der Waals surface area contributed by atoms with Gasteiger partial charge in [-0.3, -0.25) is 4.79 Å². The van der Waals surface area contributed by atoms with Crippen molar-refractivity contribution >= 4 is 34.6 Å². The summed E-state index contributed by atoms with van der Waals surface area (Å²) in [6.45, 7) is 4.00. The third kappa shape index (κ3) is 4.14. The first-order valence-corrected chi connectivity index (χ1v) is 9.43. The van der Waals surface area contributed by atoms with Crippen molar-refractivity contribution in [3.63, 3.8) is 0 Å². The number of amidine groups is 1. The molecule has 28 heavy (non-hydrogen) atoms. The average Bonchev–Trinajstić information content (AvgIpc) is 3.03. The Bertz CT molecular complexity index is 983. The first kappa shape index (κ1) is 19.8. The molecule has 1 heterocycles. The Kier molecular flexibility index (Phi) is 5.94. The Hall–Kier alpha value is -2.93. The molecule has 1 N–H and O–H groups in total. The summed E-state index contributed by atoms with van der Waals surface area (Å²) in [5, 5.41) is 3.36. The lowest BCUT2D eigenvalue weighted by Gasteiger charge is -2.12. The van der Waals surface area contributed by atoms with E-state index in [1.807, 2.05) is 32.0 Å². The topological polar surface area (TPSA) is 69.2 Å². The van der Waals surface area contributed by atoms with Crippen LogP contribution in [0.3, 0.4) is 0 Å². The van der Waals surface area contributed by atoms with Crippen LogP contribution in [-0.2, 0) is 4.79 Å². The summed E-state index contributed by atoms with van der Waals surface area (Å²) >= 11 is 1.29. The van der Waals surface area contributed by atoms with E-state index in [9.17, 15) is 4.79 Å². The molecule has 7 heteroatoms. The minimum Gasteiger partial charge on any atom is -0.496 e. The van der Waals surface area contributed by atoms with Crippen LogP contribution in [0.2, 0.25) is 0 Å². The quantitative estimate of drug-likeness (QED) is 0.764. The second-order valence-corrected chi connectivity index (χ2v) is 7.25. The maximum Gasteiger partial charge on any atom is 0.264 e. The van der Waals surface area contributed by atoms with E-state index in [0.717, 1.165) is 16.8 Å². The molecule has 0 aromatic heterocycles. The molecule has 0 radical (unpaired) electrons. The average molecular weight is 398 g/mol. The zero-order valence-corrected chi connectivity index (χ0v) is 17.3. The molecule has 1 fully saturated rings. The molecule has 0 unspecified atom stereocenters. The van der Waals surface area contributed by atoms with E-state index in [1.54, 1.807) is 39.5 Å². The van der Waals surface area contributed by atoms with Gasteiger partial charge in [-0.15, -0.1) is 0 Å². The van der Waals surface area contributed by atoms with Crippen LogP contribution in [0.1, 0.15) is 16.7 Å². The molecular weight excluding hydrogens is 376 g/mol. The Labute approximate surface area is 168 Å². The number of ether oxygens (including phenoxy) is 3. The molecule has 1 amide bonds. The van der Waals surface area contributed by atoms with Gasteiger partial charge in [0.2, 0.25) is 0 Å². The van der Waals surface area contributed by atoms with Crippen LogP contribution in [0.15, 0.2) is 40.2 Å². The van der Waals surface area contributed by atoms with Crippen molar-refractivity contribution in [2.75, 3.05) is 21.3 Å². The minimum atomic E-state index is -0.203. The highest BCUT2D eigenvalue weighted by molar-refractivity contribution is 8.18. The van der Waals surface area contributed by atoms with Crippen LogP contribution < -0.4 is 19.5 Å². The summed E-state index contributed by atoms with van der Waals surface area (Å²) < 4.78 is 16.1. The molecule has 0 bridgehead atoms. The van der Waals surface area contributed by atoms with Crippen molar-refractivity contribution in [2.45, 2.75) is 13.8 Å². The fraction of sp³-hybridized carbons (Fsp3) is 0.238. The number of benzene rings is 2. The Morgan fingerprint density at radius 3 is 2.32 bits per heavy atom. The van der Waals surface area contributed by atoms with Gasteiger partial charge in [-0.25, -0.2) is 4.99 Å². The van der Waals surface area contributed by atoms with E-state index >= 15 is 0 Å². The molecule has 1 saturated heterocycles. The monoisotopic (exact) mass is 398 g/mol. The number of methoxy groups -OCH3 is 3. The van der Waals surface area contributed by atoms with Gasteiger partial charge in [0, 0.05) is 11.6 Å². The first-order valence-electron chi connectivity index (χ1n) is 8.62. The smallest absolute Gasteiger partial charge is 0.264 e. The maximum atomic E-state index is 12.4. The molecule has 0 aliphatic carbocycles. The minimum absolute atomic E-state index is 0.203. The number of hydrogen-bond donors (Lipinski definition) is 1. The second kappa shape index (κ2) is 8.39. The lowest BCUT2D eigenvalue weighted by Crippen LogP contribution is -2.19. The highest BCUT2D eigenvalue weighted by Crippen LogP contribution is 2.37. The molecule has 146 valence electrons. The molecule has 0 saturated carbocycles. The van der Waals surface area contributed by atoms with Crippen molar-refractivity contribution in [3.8, 4) is 17.2 Å². The van der Waals surface area contributed by atoms with Crippen LogP contribution in [0.25, 0.3) is 6.08 Å². The summed E-state index contributed by atoms with van der Waals surface area (Å²) in [4.78, 5) is 17.5. The Morgan fingerprint density at radius 1 is 0.964 bits per heavy atom. The number of aliphatic imine (C=N–C) groups is 1. The van der Waals surface area contributed by atoms with Crippen LogP contribution in [0.4, 0.5) is 5.69 Å². The molecule has 0 atom stereocenters. The molecular formula is C21H22N2O4S. The van der Waals surface area contributed by atoms with E-state index in [1.165, 1.54) is 11.8 Å². The van der Waals surface area contributed by atoms with Gasteiger partial charge < -0.3 is 19.5 Å². The van der Waals surface area contributed by atoms with Gasteiger partial charge in [0.05, 0.1) is 31.9 Å². The van der Waals surface area contributed by atoms with Gasteiger partial charge in [-0.2, -0.15) is 0 Å². The standard InChI is InChI=1S/C21H22N2O4S/c1-12-6-7-13(2)15(8-12)22-21-23-20(24)19(28-21)10-14-9-17(26-4)18(27-5)11-16(14)25-3/h6-11H,1-5H3,(H,22,23,24)/b19-10-. The van der Waals surface area contributed by atoms with Crippen molar-refractivity contribution in [3.05, 3.63) is 51.9 Å². The number of hydrogen-bond acceptors (Lipinski definition) is 6. The summed E-state index contributed by atoms with van der Waals surface area (Å²) in [7, 11) is 4.69. The van der Waals surface area contributed by atoms with E-state index < -0.39 is 0 Å². The zero-order chi connectivity index (χ0) is 20.3. The molecule has 2 aromatic carbocycles. The summed E-state index contributed by atoms with van der Waals surface area (Å²) in [6, 6.07) is 9.55. The first-order chi connectivity index (χ1) is 13.4. The van der Waals surface area contributed by atoms with E-state index in [-0.39, 0.29) is 5.91 Å². The Morgan fingerprint density at radius 2 is 1.64 bits per heavy atom. The van der Waals surface area contributed by atoms with Crippen molar-refractivity contribution < 1.29 is 19.0 Å². The van der Waals surface area contributed by atoms with E-state index in [2.05, 4.69) is 10.3 Å². The number of nitrogens with one attached hydrogen (secondary N) is 1.